The van der Waals surface area contributed by atoms with Gasteiger partial charge in [-0.2, -0.15) is 0 Å². The van der Waals surface area contributed by atoms with Gasteiger partial charge >= 0.3 is 0 Å². The van der Waals surface area contributed by atoms with Crippen molar-refractivity contribution in [2.75, 3.05) is 6.61 Å². The molecule has 19 heavy (non-hydrogen) atoms. The lowest BCUT2D eigenvalue weighted by Crippen LogP contribution is -1.97. The Balaban J connectivity index is 2.09. The number of aliphatic hydroxyl groups excluding tert-OH is 1. The van der Waals surface area contributed by atoms with Gasteiger partial charge in [0.15, 0.2) is 0 Å². The van der Waals surface area contributed by atoms with Crippen LogP contribution in [0.1, 0.15) is 16.7 Å². The molecule has 0 unspecified atom stereocenters. The van der Waals surface area contributed by atoms with E-state index in [4.69, 9.17) is 9.84 Å². The van der Waals surface area contributed by atoms with E-state index in [0.717, 1.165) is 16.9 Å². The lowest BCUT2D eigenvalue weighted by atomic mass is 10.1. The maximum atomic E-state index is 8.74. The molecular formula is C17H16O2. The molecule has 2 aromatic carbocycles. The smallest absolute Gasteiger partial charge is 0.135 e. The summed E-state index contributed by atoms with van der Waals surface area (Å²) in [4.78, 5) is 0. The van der Waals surface area contributed by atoms with Crippen LogP contribution in [0, 0.1) is 18.8 Å². The van der Waals surface area contributed by atoms with Crippen molar-refractivity contribution in [2.24, 2.45) is 0 Å². The predicted octanol–water partition coefficient (Wildman–Crippen LogP) is 2.92. The first-order chi connectivity index (χ1) is 9.29. The summed E-state index contributed by atoms with van der Waals surface area (Å²) in [6.45, 7) is 2.43. The van der Waals surface area contributed by atoms with E-state index in [9.17, 15) is 0 Å². The minimum Gasteiger partial charge on any atom is -0.488 e. The molecule has 0 aliphatic heterocycles. The zero-order chi connectivity index (χ0) is 13.5. The van der Waals surface area contributed by atoms with Crippen LogP contribution in [-0.2, 0) is 6.61 Å². The maximum absolute atomic E-state index is 8.74. The van der Waals surface area contributed by atoms with E-state index >= 15 is 0 Å². The molecule has 0 spiro atoms. The molecule has 0 heterocycles. The number of rotatable bonds is 3. The predicted molar refractivity (Wildman–Crippen MR) is 75.9 cm³/mol. The van der Waals surface area contributed by atoms with Crippen molar-refractivity contribution >= 4 is 0 Å². The van der Waals surface area contributed by atoms with E-state index in [-0.39, 0.29) is 6.61 Å². The van der Waals surface area contributed by atoms with Crippen molar-refractivity contribution in [3.05, 3.63) is 65.2 Å². The number of hydrogen-bond donors (Lipinski definition) is 1. The second kappa shape index (κ2) is 6.63. The number of benzene rings is 2. The van der Waals surface area contributed by atoms with Crippen LogP contribution in [0.15, 0.2) is 48.5 Å². The first kappa shape index (κ1) is 13.2. The van der Waals surface area contributed by atoms with Crippen LogP contribution in [-0.4, -0.2) is 11.7 Å². The zero-order valence-corrected chi connectivity index (χ0v) is 10.9. The van der Waals surface area contributed by atoms with Gasteiger partial charge in [0.2, 0.25) is 0 Å². The van der Waals surface area contributed by atoms with Crippen molar-refractivity contribution in [1.82, 2.24) is 0 Å². The molecule has 0 fully saturated rings. The number of para-hydroxylation sites is 1. The summed E-state index contributed by atoms with van der Waals surface area (Å²) in [5, 5.41) is 8.74. The molecule has 0 saturated carbocycles. The minimum atomic E-state index is -0.147. The SMILES string of the molecule is Cc1ccc(COc2ccccc2C#CCO)cc1. The summed E-state index contributed by atoms with van der Waals surface area (Å²) in [7, 11) is 0. The topological polar surface area (TPSA) is 29.5 Å². The summed E-state index contributed by atoms with van der Waals surface area (Å²) in [6, 6.07) is 15.8. The molecule has 0 aliphatic rings. The van der Waals surface area contributed by atoms with Crippen LogP contribution in [0.2, 0.25) is 0 Å². The van der Waals surface area contributed by atoms with Crippen molar-refractivity contribution in [3.63, 3.8) is 0 Å². The molecule has 1 N–H and O–H groups in total. The fraction of sp³-hybridized carbons (Fsp3) is 0.176. The third kappa shape index (κ3) is 3.87. The van der Waals surface area contributed by atoms with Crippen molar-refractivity contribution in [2.45, 2.75) is 13.5 Å². The van der Waals surface area contributed by atoms with E-state index in [2.05, 4.69) is 43.0 Å². The molecule has 0 atom stereocenters. The Morgan fingerprint density at radius 3 is 2.53 bits per heavy atom. The van der Waals surface area contributed by atoms with Crippen molar-refractivity contribution < 1.29 is 9.84 Å². The molecule has 2 aromatic rings. The fourth-order valence-corrected chi connectivity index (χ4v) is 1.68. The first-order valence-electron chi connectivity index (χ1n) is 6.16. The van der Waals surface area contributed by atoms with Crippen LogP contribution >= 0.6 is 0 Å². The van der Waals surface area contributed by atoms with E-state index in [1.807, 2.05) is 24.3 Å². The van der Waals surface area contributed by atoms with Crippen molar-refractivity contribution in [1.29, 1.82) is 0 Å². The number of aliphatic hydroxyl groups is 1. The second-order valence-corrected chi connectivity index (χ2v) is 4.23. The number of ether oxygens (including phenoxy) is 1. The quantitative estimate of drug-likeness (QED) is 0.851. The Hall–Kier alpha value is -2.24. The summed E-state index contributed by atoms with van der Waals surface area (Å²) in [6.07, 6.45) is 0. The molecule has 2 nitrogen and oxygen atoms in total. The van der Waals surface area contributed by atoms with E-state index in [0.29, 0.717) is 6.61 Å². The van der Waals surface area contributed by atoms with Gasteiger partial charge in [-0.25, -0.2) is 0 Å². The van der Waals surface area contributed by atoms with Crippen LogP contribution < -0.4 is 4.74 Å². The Kier molecular flexibility index (Phi) is 4.60. The standard InChI is InChI=1S/C17H16O2/c1-14-8-10-15(11-9-14)13-19-17-7-3-2-5-16(17)6-4-12-18/h2-3,5,7-11,18H,12-13H2,1H3. The Labute approximate surface area is 113 Å². The lowest BCUT2D eigenvalue weighted by molar-refractivity contribution is 0.305. The molecule has 96 valence electrons. The van der Waals surface area contributed by atoms with Gasteiger partial charge in [-0.05, 0) is 24.6 Å². The van der Waals surface area contributed by atoms with E-state index < -0.39 is 0 Å². The van der Waals surface area contributed by atoms with Gasteiger partial charge in [0.1, 0.15) is 19.0 Å². The molecule has 2 rings (SSSR count). The third-order valence-electron chi connectivity index (χ3n) is 2.70. The van der Waals surface area contributed by atoms with Gasteiger partial charge in [0.25, 0.3) is 0 Å². The molecule has 0 aromatic heterocycles. The first-order valence-corrected chi connectivity index (χ1v) is 6.16. The lowest BCUT2D eigenvalue weighted by Gasteiger charge is -2.08. The molecule has 0 bridgehead atoms. The second-order valence-electron chi connectivity index (χ2n) is 4.23. The maximum Gasteiger partial charge on any atom is 0.135 e. The number of aryl methyl sites for hydroxylation is 1. The van der Waals surface area contributed by atoms with Gasteiger partial charge < -0.3 is 9.84 Å². The largest absolute Gasteiger partial charge is 0.488 e. The highest BCUT2D eigenvalue weighted by molar-refractivity contribution is 5.46. The highest BCUT2D eigenvalue weighted by atomic mass is 16.5. The van der Waals surface area contributed by atoms with Gasteiger partial charge in [-0.1, -0.05) is 53.8 Å². The Morgan fingerprint density at radius 1 is 1.05 bits per heavy atom. The van der Waals surface area contributed by atoms with Crippen LogP contribution in [0.3, 0.4) is 0 Å². The monoisotopic (exact) mass is 252 g/mol. The van der Waals surface area contributed by atoms with Crippen LogP contribution in [0.4, 0.5) is 0 Å². The van der Waals surface area contributed by atoms with Crippen LogP contribution in [0.25, 0.3) is 0 Å². The highest BCUT2D eigenvalue weighted by Crippen LogP contribution is 2.18. The van der Waals surface area contributed by atoms with Gasteiger partial charge in [-0.15, -0.1) is 0 Å². The normalized spacial score (nSPS) is 9.58. The minimum absolute atomic E-state index is 0.147. The molecule has 0 radical (unpaired) electrons. The molecule has 0 aliphatic carbocycles. The van der Waals surface area contributed by atoms with Gasteiger partial charge in [-0.3, -0.25) is 0 Å². The third-order valence-corrected chi connectivity index (χ3v) is 2.70. The zero-order valence-electron chi connectivity index (χ0n) is 10.9. The van der Waals surface area contributed by atoms with Gasteiger partial charge in [0, 0.05) is 0 Å². The van der Waals surface area contributed by atoms with E-state index in [1.54, 1.807) is 0 Å². The van der Waals surface area contributed by atoms with Gasteiger partial charge in [0.05, 0.1) is 5.56 Å². The average molecular weight is 252 g/mol. The average Bonchev–Trinajstić information content (AvgIpc) is 2.45. The molecule has 0 amide bonds. The van der Waals surface area contributed by atoms with Crippen LogP contribution in [0.5, 0.6) is 5.75 Å². The van der Waals surface area contributed by atoms with Crippen molar-refractivity contribution in [3.8, 4) is 17.6 Å². The Bertz CT molecular complexity index is 589. The number of hydrogen-bond acceptors (Lipinski definition) is 2. The summed E-state index contributed by atoms with van der Waals surface area (Å²) in [5.41, 5.74) is 3.15. The summed E-state index contributed by atoms with van der Waals surface area (Å²) in [5.74, 6) is 6.26. The highest BCUT2D eigenvalue weighted by Gasteiger charge is 2.00. The fourth-order valence-electron chi connectivity index (χ4n) is 1.68. The molecular weight excluding hydrogens is 236 g/mol. The molecule has 0 saturated heterocycles. The summed E-state index contributed by atoms with van der Waals surface area (Å²) < 4.78 is 5.78. The summed E-state index contributed by atoms with van der Waals surface area (Å²) >= 11 is 0. The Morgan fingerprint density at radius 2 is 1.79 bits per heavy atom. The van der Waals surface area contributed by atoms with E-state index in [1.165, 1.54) is 5.56 Å². The molecule has 2 heteroatoms.